The van der Waals surface area contributed by atoms with Crippen LogP contribution in [0.2, 0.25) is 0 Å². The monoisotopic (exact) mass is 255 g/mol. The van der Waals surface area contributed by atoms with Gasteiger partial charge in [-0.1, -0.05) is 0 Å². The zero-order valence-electron chi connectivity index (χ0n) is 9.61. The first-order valence-electron chi connectivity index (χ1n) is 5.19. The highest BCUT2D eigenvalue weighted by Gasteiger charge is 2.18. The van der Waals surface area contributed by atoms with Crippen molar-refractivity contribution in [3.8, 4) is 11.8 Å². The molecule has 4 nitrogen and oxygen atoms in total. The van der Waals surface area contributed by atoms with Crippen molar-refractivity contribution in [1.29, 1.82) is 5.26 Å². The Labute approximate surface area is 102 Å². The minimum atomic E-state index is -2.85. The Bertz CT molecular complexity index is 495. The van der Waals surface area contributed by atoms with Crippen LogP contribution in [0.5, 0.6) is 5.75 Å². The number of aromatic hydroxyl groups is 1. The highest BCUT2D eigenvalue weighted by atomic mass is 19.3. The Balaban J connectivity index is 3.10. The van der Waals surface area contributed by atoms with Crippen LogP contribution >= 0.6 is 0 Å². The van der Waals surface area contributed by atoms with Crippen molar-refractivity contribution < 1.29 is 23.4 Å². The molecule has 0 aliphatic heterocycles. The predicted octanol–water partition coefficient (Wildman–Crippen LogP) is 2.31. The second kappa shape index (κ2) is 5.96. The number of hydrogen-bond acceptors (Lipinski definition) is 4. The molecule has 0 aliphatic rings. The van der Waals surface area contributed by atoms with Crippen molar-refractivity contribution in [2.75, 3.05) is 6.61 Å². The van der Waals surface area contributed by atoms with E-state index in [1.807, 2.05) is 0 Å². The molecule has 0 saturated carbocycles. The van der Waals surface area contributed by atoms with E-state index in [9.17, 15) is 18.7 Å². The number of rotatable bonds is 4. The van der Waals surface area contributed by atoms with Crippen LogP contribution < -0.4 is 0 Å². The second-order valence-electron chi connectivity index (χ2n) is 3.46. The lowest BCUT2D eigenvalue weighted by molar-refractivity contribution is -0.142. The number of nitrogens with zero attached hydrogens (tertiary/aromatic N) is 1. The van der Waals surface area contributed by atoms with E-state index in [2.05, 4.69) is 4.74 Å². The molecule has 0 fully saturated rings. The van der Waals surface area contributed by atoms with Crippen molar-refractivity contribution in [2.45, 2.75) is 19.8 Å². The molecule has 96 valence electrons. The summed E-state index contributed by atoms with van der Waals surface area (Å²) in [6, 6.07) is 3.45. The smallest absolute Gasteiger partial charge is 0.310 e. The molecule has 6 heteroatoms. The van der Waals surface area contributed by atoms with Crippen molar-refractivity contribution in [3.05, 3.63) is 28.8 Å². The molecular weight excluding hydrogens is 244 g/mol. The molecule has 0 spiro atoms. The topological polar surface area (TPSA) is 70.3 Å². The summed E-state index contributed by atoms with van der Waals surface area (Å²) in [6.45, 7) is 1.78. The molecule has 0 aromatic heterocycles. The molecule has 1 rings (SSSR count). The molecule has 1 N–H and O–H groups in total. The molecule has 0 saturated heterocycles. The lowest BCUT2D eigenvalue weighted by Gasteiger charge is -2.09. The molecule has 0 heterocycles. The van der Waals surface area contributed by atoms with Gasteiger partial charge in [-0.3, -0.25) is 4.79 Å². The normalized spacial score (nSPS) is 10.2. The largest absolute Gasteiger partial charge is 0.508 e. The number of esters is 1. The Morgan fingerprint density at radius 3 is 2.72 bits per heavy atom. The number of ether oxygens (including phenoxy) is 1. The SMILES string of the molecule is CCOC(=O)Cc1cc(C(F)F)c(C#N)cc1O. The molecule has 1 aromatic rings. The summed E-state index contributed by atoms with van der Waals surface area (Å²) in [4.78, 5) is 11.2. The van der Waals surface area contributed by atoms with Crippen LogP contribution in [0, 0.1) is 11.3 Å². The van der Waals surface area contributed by atoms with Gasteiger partial charge >= 0.3 is 5.97 Å². The number of phenols is 1. The molecule has 0 atom stereocenters. The van der Waals surface area contributed by atoms with Crippen molar-refractivity contribution in [1.82, 2.24) is 0 Å². The molecule has 0 amide bonds. The Kier molecular flexibility index (Phi) is 4.60. The van der Waals surface area contributed by atoms with E-state index in [-0.39, 0.29) is 29.9 Å². The predicted molar refractivity (Wildman–Crippen MR) is 58.1 cm³/mol. The van der Waals surface area contributed by atoms with Crippen LogP contribution in [0.25, 0.3) is 0 Å². The van der Waals surface area contributed by atoms with Crippen LogP contribution in [-0.4, -0.2) is 17.7 Å². The van der Waals surface area contributed by atoms with Gasteiger partial charge in [-0.15, -0.1) is 0 Å². The van der Waals surface area contributed by atoms with Gasteiger partial charge in [-0.05, 0) is 19.1 Å². The minimum absolute atomic E-state index is 0.0164. The number of phenolic OH excluding ortho intramolecular Hbond substituents is 1. The van der Waals surface area contributed by atoms with E-state index in [1.54, 1.807) is 13.0 Å². The van der Waals surface area contributed by atoms with Crippen LogP contribution in [0.4, 0.5) is 8.78 Å². The summed E-state index contributed by atoms with van der Waals surface area (Å²) in [5.41, 5.74) is -0.799. The number of benzene rings is 1. The highest BCUT2D eigenvalue weighted by molar-refractivity contribution is 5.74. The van der Waals surface area contributed by atoms with Gasteiger partial charge in [0, 0.05) is 11.1 Å². The Hall–Kier alpha value is -2.16. The Morgan fingerprint density at radius 2 is 2.22 bits per heavy atom. The molecule has 0 bridgehead atoms. The average molecular weight is 255 g/mol. The van der Waals surface area contributed by atoms with E-state index >= 15 is 0 Å². The number of carbonyl (C=O) groups excluding carboxylic acids is 1. The maximum absolute atomic E-state index is 12.7. The van der Waals surface area contributed by atoms with Crippen LogP contribution in [-0.2, 0) is 16.0 Å². The third-order valence-corrected chi connectivity index (χ3v) is 2.25. The number of halogens is 2. The fourth-order valence-corrected chi connectivity index (χ4v) is 1.44. The number of carbonyl (C=O) groups is 1. The summed E-state index contributed by atoms with van der Waals surface area (Å²) in [5, 5.41) is 18.2. The number of alkyl halides is 2. The molecule has 0 aliphatic carbocycles. The Morgan fingerprint density at radius 1 is 1.56 bits per heavy atom. The first-order chi connectivity index (χ1) is 8.49. The van der Waals surface area contributed by atoms with Gasteiger partial charge in [-0.2, -0.15) is 5.26 Å². The molecule has 0 unspecified atom stereocenters. The number of hydrogen-bond donors (Lipinski definition) is 1. The lowest BCUT2D eigenvalue weighted by atomic mass is 10.0. The zero-order chi connectivity index (χ0) is 13.7. The quantitative estimate of drug-likeness (QED) is 0.838. The lowest BCUT2D eigenvalue weighted by Crippen LogP contribution is -2.08. The van der Waals surface area contributed by atoms with Gasteiger partial charge in [0.15, 0.2) is 0 Å². The van der Waals surface area contributed by atoms with Gasteiger partial charge in [-0.25, -0.2) is 8.78 Å². The fraction of sp³-hybridized carbons (Fsp3) is 0.333. The fourth-order valence-electron chi connectivity index (χ4n) is 1.44. The van der Waals surface area contributed by atoms with Gasteiger partial charge in [0.25, 0.3) is 6.43 Å². The van der Waals surface area contributed by atoms with Gasteiger partial charge in [0.2, 0.25) is 0 Å². The van der Waals surface area contributed by atoms with Crippen LogP contribution in [0.1, 0.15) is 30.0 Å². The van der Waals surface area contributed by atoms with Crippen molar-refractivity contribution in [3.63, 3.8) is 0 Å². The van der Waals surface area contributed by atoms with Gasteiger partial charge in [0.05, 0.1) is 24.7 Å². The highest BCUT2D eigenvalue weighted by Crippen LogP contribution is 2.29. The summed E-state index contributed by atoms with van der Waals surface area (Å²) in [7, 11) is 0. The minimum Gasteiger partial charge on any atom is -0.508 e. The van der Waals surface area contributed by atoms with Crippen molar-refractivity contribution in [2.24, 2.45) is 0 Å². The summed E-state index contributed by atoms with van der Waals surface area (Å²) >= 11 is 0. The van der Waals surface area contributed by atoms with E-state index in [0.717, 1.165) is 12.1 Å². The third-order valence-electron chi connectivity index (χ3n) is 2.25. The van der Waals surface area contributed by atoms with E-state index in [1.165, 1.54) is 0 Å². The zero-order valence-corrected chi connectivity index (χ0v) is 9.61. The van der Waals surface area contributed by atoms with Gasteiger partial charge in [0.1, 0.15) is 5.75 Å². The van der Waals surface area contributed by atoms with Crippen molar-refractivity contribution >= 4 is 5.97 Å². The second-order valence-corrected chi connectivity index (χ2v) is 3.46. The summed E-state index contributed by atoms with van der Waals surface area (Å²) in [5.74, 6) is -0.998. The van der Waals surface area contributed by atoms with Crippen LogP contribution in [0.3, 0.4) is 0 Å². The first-order valence-corrected chi connectivity index (χ1v) is 5.19. The standard InChI is InChI=1S/C12H11F2NO3/c1-2-18-11(17)5-7-3-9(12(13)14)8(6-15)4-10(7)16/h3-4,12,16H,2,5H2,1H3. The van der Waals surface area contributed by atoms with E-state index < -0.39 is 18.0 Å². The number of nitriles is 1. The molecule has 18 heavy (non-hydrogen) atoms. The maximum atomic E-state index is 12.7. The van der Waals surface area contributed by atoms with Crippen LogP contribution in [0.15, 0.2) is 12.1 Å². The molecular formula is C12H11F2NO3. The maximum Gasteiger partial charge on any atom is 0.310 e. The first kappa shape index (κ1) is 13.9. The van der Waals surface area contributed by atoms with E-state index in [0.29, 0.717) is 0 Å². The van der Waals surface area contributed by atoms with Gasteiger partial charge < -0.3 is 9.84 Å². The average Bonchev–Trinajstić information content (AvgIpc) is 2.31. The third kappa shape index (κ3) is 3.17. The molecule has 0 radical (unpaired) electrons. The van der Waals surface area contributed by atoms with E-state index in [4.69, 9.17) is 5.26 Å². The summed E-state index contributed by atoms with van der Waals surface area (Å²) < 4.78 is 30.0. The molecule has 1 aromatic carbocycles. The summed E-state index contributed by atoms with van der Waals surface area (Å²) in [6.07, 6.45) is -3.16.